The third kappa shape index (κ3) is 3.65. The van der Waals surface area contributed by atoms with Gasteiger partial charge < -0.3 is 15.0 Å². The lowest BCUT2D eigenvalue weighted by atomic mass is 10.1. The lowest BCUT2D eigenvalue weighted by Crippen LogP contribution is -2.48. The van der Waals surface area contributed by atoms with Crippen LogP contribution in [0.3, 0.4) is 0 Å². The largest absolute Gasteiger partial charge is 0.457 e. The molecule has 6 rings (SSSR count). The Morgan fingerprint density at radius 1 is 1.11 bits per heavy atom. The van der Waals surface area contributed by atoms with E-state index in [1.807, 2.05) is 0 Å². The number of hydrogen-bond acceptors (Lipinski definition) is 5. The van der Waals surface area contributed by atoms with Crippen molar-refractivity contribution < 1.29 is 27.5 Å². The molecule has 7 nitrogen and oxygen atoms in total. The summed E-state index contributed by atoms with van der Waals surface area (Å²) in [5.74, 6) is -0.0371. The van der Waals surface area contributed by atoms with Gasteiger partial charge in [0.1, 0.15) is 6.61 Å². The number of ether oxygens (including phenoxy) is 1. The quantitative estimate of drug-likeness (QED) is 0.519. The zero-order valence-electron chi connectivity index (χ0n) is 18.3. The third-order valence-corrected chi connectivity index (χ3v) is 6.60. The highest BCUT2D eigenvalue weighted by Crippen LogP contribution is 2.41. The molecule has 3 aromatic rings. The van der Waals surface area contributed by atoms with E-state index in [-0.39, 0.29) is 12.6 Å². The molecular weight excluding hydrogens is 461 g/mol. The number of pyridine rings is 1. The fourth-order valence-corrected chi connectivity index (χ4v) is 4.86. The van der Waals surface area contributed by atoms with Crippen LogP contribution < -0.4 is 15.1 Å². The number of alkyl halides is 3. The number of cyclic esters (lactones) is 1. The van der Waals surface area contributed by atoms with Crippen molar-refractivity contribution in [1.82, 2.24) is 4.98 Å². The Bertz CT molecular complexity index is 1370. The molecular formula is C25H19F3N4O3. The van der Waals surface area contributed by atoms with E-state index in [4.69, 9.17) is 4.74 Å². The normalized spacial score (nSPS) is 18.3. The number of nitrogens with one attached hydrogen (secondary N) is 1. The molecule has 1 N–H and O–H groups in total. The molecule has 0 aliphatic carbocycles. The Labute approximate surface area is 198 Å². The number of carbonyl (C=O) groups excluding carboxylic acids is 2. The van der Waals surface area contributed by atoms with E-state index in [2.05, 4.69) is 15.2 Å². The minimum Gasteiger partial charge on any atom is -0.457 e. The summed E-state index contributed by atoms with van der Waals surface area (Å²) in [5.41, 5.74) is 2.27. The summed E-state index contributed by atoms with van der Waals surface area (Å²) in [5, 5.41) is 2.85. The van der Waals surface area contributed by atoms with Crippen molar-refractivity contribution in [3.8, 4) is 11.3 Å². The van der Waals surface area contributed by atoms with Crippen LogP contribution >= 0.6 is 0 Å². The van der Waals surface area contributed by atoms with Crippen LogP contribution in [0.1, 0.15) is 27.9 Å². The predicted octanol–water partition coefficient (Wildman–Crippen LogP) is 5.07. The number of fused-ring (bicyclic) bond motifs is 5. The summed E-state index contributed by atoms with van der Waals surface area (Å²) in [6, 6.07) is 12.9. The Kier molecular flexibility index (Phi) is 4.73. The van der Waals surface area contributed by atoms with Gasteiger partial charge in [0.15, 0.2) is 5.82 Å². The number of rotatable bonds is 2. The van der Waals surface area contributed by atoms with Gasteiger partial charge in [-0.05, 0) is 42.8 Å². The van der Waals surface area contributed by atoms with Crippen molar-refractivity contribution in [2.75, 3.05) is 28.2 Å². The van der Waals surface area contributed by atoms with E-state index in [0.717, 1.165) is 36.3 Å². The summed E-state index contributed by atoms with van der Waals surface area (Å²) in [6.45, 7) is 1.60. The molecule has 1 atom stereocenters. The van der Waals surface area contributed by atoms with Crippen LogP contribution in [-0.2, 0) is 17.5 Å². The average molecular weight is 480 g/mol. The molecule has 10 heteroatoms. The predicted molar refractivity (Wildman–Crippen MR) is 122 cm³/mol. The topological polar surface area (TPSA) is 74.8 Å². The van der Waals surface area contributed by atoms with Crippen molar-refractivity contribution in [2.24, 2.45) is 0 Å². The molecule has 2 aromatic carbocycles. The van der Waals surface area contributed by atoms with Crippen LogP contribution in [0.4, 0.5) is 35.2 Å². The molecule has 1 aromatic heterocycles. The maximum atomic E-state index is 13.4. The van der Waals surface area contributed by atoms with E-state index in [1.54, 1.807) is 41.3 Å². The van der Waals surface area contributed by atoms with Gasteiger partial charge in [0.2, 0.25) is 0 Å². The SMILES string of the molecule is O=C1OCc2ccc(NC(=O)N3c4nc(-c5cccc(C(F)(F)F)c5)ccc4N4CC[C@H]3C4)cc21. The van der Waals surface area contributed by atoms with E-state index < -0.39 is 23.7 Å². The molecule has 2 amide bonds. The zero-order valence-corrected chi connectivity index (χ0v) is 18.3. The lowest BCUT2D eigenvalue weighted by Gasteiger charge is -2.36. The molecule has 0 spiro atoms. The van der Waals surface area contributed by atoms with Crippen LogP contribution in [0.25, 0.3) is 11.3 Å². The van der Waals surface area contributed by atoms with Gasteiger partial charge in [-0.3, -0.25) is 4.90 Å². The molecule has 3 aliphatic heterocycles. The number of benzene rings is 2. The molecule has 3 aliphatic rings. The van der Waals surface area contributed by atoms with Crippen LogP contribution in [0, 0.1) is 0 Å². The van der Waals surface area contributed by atoms with Crippen molar-refractivity contribution >= 4 is 29.2 Å². The first-order valence-corrected chi connectivity index (χ1v) is 11.1. The first-order valence-electron chi connectivity index (χ1n) is 11.1. The summed E-state index contributed by atoms with van der Waals surface area (Å²) in [7, 11) is 0. The number of aromatic nitrogens is 1. The average Bonchev–Trinajstić information content (AvgIpc) is 3.42. The second-order valence-corrected chi connectivity index (χ2v) is 8.75. The van der Waals surface area contributed by atoms with Crippen LogP contribution in [0.5, 0.6) is 0 Å². The number of hydrogen-bond donors (Lipinski definition) is 1. The first kappa shape index (κ1) is 21.5. The molecule has 0 unspecified atom stereocenters. The van der Waals surface area contributed by atoms with Crippen molar-refractivity contribution in [2.45, 2.75) is 25.2 Å². The summed E-state index contributed by atoms with van der Waals surface area (Å²) in [6.07, 6.45) is -3.73. The second kappa shape index (κ2) is 7.72. The molecule has 178 valence electrons. The Hall–Kier alpha value is -4.08. The van der Waals surface area contributed by atoms with Gasteiger partial charge in [0.05, 0.1) is 28.6 Å². The molecule has 1 saturated heterocycles. The van der Waals surface area contributed by atoms with Gasteiger partial charge in [-0.15, -0.1) is 0 Å². The maximum absolute atomic E-state index is 13.4. The molecule has 0 saturated carbocycles. The maximum Gasteiger partial charge on any atom is 0.416 e. The second-order valence-electron chi connectivity index (χ2n) is 8.75. The highest BCUT2D eigenvalue weighted by atomic mass is 19.4. The van der Waals surface area contributed by atoms with Crippen LogP contribution in [0.15, 0.2) is 54.6 Å². The van der Waals surface area contributed by atoms with Crippen LogP contribution in [0.2, 0.25) is 0 Å². The molecule has 35 heavy (non-hydrogen) atoms. The van der Waals surface area contributed by atoms with Gasteiger partial charge >= 0.3 is 18.2 Å². The summed E-state index contributed by atoms with van der Waals surface area (Å²) >= 11 is 0. The van der Waals surface area contributed by atoms with Gasteiger partial charge in [0.25, 0.3) is 0 Å². The Morgan fingerprint density at radius 2 is 1.97 bits per heavy atom. The smallest absolute Gasteiger partial charge is 0.416 e. The van der Waals surface area contributed by atoms with E-state index in [9.17, 15) is 22.8 Å². The van der Waals surface area contributed by atoms with Gasteiger partial charge in [0, 0.05) is 29.9 Å². The van der Waals surface area contributed by atoms with Crippen molar-refractivity contribution in [3.05, 3.63) is 71.3 Å². The molecule has 0 radical (unpaired) electrons. The lowest BCUT2D eigenvalue weighted by molar-refractivity contribution is -0.137. The van der Waals surface area contributed by atoms with Crippen molar-refractivity contribution in [1.29, 1.82) is 0 Å². The Balaban J connectivity index is 1.35. The first-order chi connectivity index (χ1) is 16.8. The van der Waals surface area contributed by atoms with Gasteiger partial charge in [-0.25, -0.2) is 14.6 Å². The highest BCUT2D eigenvalue weighted by molar-refractivity contribution is 6.05. The minimum atomic E-state index is -4.47. The van der Waals surface area contributed by atoms with E-state index >= 15 is 0 Å². The van der Waals surface area contributed by atoms with E-state index in [1.165, 1.54) is 6.07 Å². The molecule has 2 bridgehead atoms. The fraction of sp³-hybridized carbons (Fsp3) is 0.240. The van der Waals surface area contributed by atoms with Crippen molar-refractivity contribution in [3.63, 3.8) is 0 Å². The summed E-state index contributed by atoms with van der Waals surface area (Å²) < 4.78 is 44.7. The monoisotopic (exact) mass is 480 g/mol. The van der Waals surface area contributed by atoms with Gasteiger partial charge in [-0.1, -0.05) is 18.2 Å². The standard InChI is InChI=1S/C25H19F3N4O3/c26-25(27,28)16-3-1-2-14(10-16)20-6-7-21-22(30-20)32(18-8-9-31(21)12-18)24(34)29-17-5-4-15-13-35-23(33)19(15)11-17/h1-7,10-11,18H,8-9,12-13H2,(H,29,34)/t18-/m0/s1. The van der Waals surface area contributed by atoms with E-state index in [0.29, 0.717) is 34.9 Å². The number of halogens is 3. The zero-order chi connectivity index (χ0) is 24.3. The van der Waals surface area contributed by atoms with Gasteiger partial charge in [-0.2, -0.15) is 13.2 Å². The minimum absolute atomic E-state index is 0.133. The number of carbonyl (C=O) groups is 2. The molecule has 4 heterocycles. The highest BCUT2D eigenvalue weighted by Gasteiger charge is 2.40. The number of amides is 2. The number of nitrogens with zero attached hydrogens (tertiary/aromatic N) is 3. The fourth-order valence-electron chi connectivity index (χ4n) is 4.86. The Morgan fingerprint density at radius 3 is 2.80 bits per heavy atom. The number of anilines is 3. The number of esters is 1. The molecule has 1 fully saturated rings. The van der Waals surface area contributed by atoms with Crippen LogP contribution in [-0.4, -0.2) is 36.1 Å². The third-order valence-electron chi connectivity index (χ3n) is 6.60. The number of urea groups is 1. The summed E-state index contributed by atoms with van der Waals surface area (Å²) in [4.78, 5) is 33.7.